The van der Waals surface area contributed by atoms with Crippen LogP contribution in [0.15, 0.2) is 54.6 Å². The second-order valence-electron chi connectivity index (χ2n) is 6.59. The lowest BCUT2D eigenvalue weighted by atomic mass is 9.90. The van der Waals surface area contributed by atoms with E-state index in [-0.39, 0.29) is 5.69 Å². The van der Waals surface area contributed by atoms with Gasteiger partial charge in [-0.1, -0.05) is 42.5 Å². The van der Waals surface area contributed by atoms with Crippen LogP contribution in [0.5, 0.6) is 0 Å². The van der Waals surface area contributed by atoms with E-state index in [1.807, 2.05) is 23.1 Å². The average molecular weight is 378 g/mol. The number of nitrogens with zero attached hydrogens (tertiary/aromatic N) is 1. The Morgan fingerprint density at radius 2 is 1.62 bits per heavy atom. The number of alkyl halides is 3. The third kappa shape index (κ3) is 4.75. The van der Waals surface area contributed by atoms with Crippen molar-refractivity contribution < 1.29 is 13.2 Å². The third-order valence-electron chi connectivity index (χ3n) is 4.74. The molecule has 1 fully saturated rings. The molecule has 1 heterocycles. The summed E-state index contributed by atoms with van der Waals surface area (Å²) in [5, 5.41) is 3.15. The molecule has 138 valence electrons. The highest BCUT2D eigenvalue weighted by molar-refractivity contribution is 7.80. The van der Waals surface area contributed by atoms with Crippen LogP contribution in [0.25, 0.3) is 0 Å². The second kappa shape index (κ2) is 8.08. The first-order valence-electron chi connectivity index (χ1n) is 8.69. The van der Waals surface area contributed by atoms with Gasteiger partial charge in [0.05, 0.1) is 11.3 Å². The number of hydrogen-bond donors (Lipinski definition) is 1. The van der Waals surface area contributed by atoms with Crippen molar-refractivity contribution >= 4 is 23.0 Å². The lowest BCUT2D eigenvalue weighted by Gasteiger charge is -2.34. The molecule has 0 radical (unpaired) electrons. The number of rotatable bonds is 3. The number of likely N-dealkylation sites (tertiary alicyclic amines) is 1. The second-order valence-corrected chi connectivity index (χ2v) is 6.98. The monoisotopic (exact) mass is 378 g/mol. The minimum absolute atomic E-state index is 0.0106. The summed E-state index contributed by atoms with van der Waals surface area (Å²) in [4.78, 5) is 1.96. The van der Waals surface area contributed by atoms with Crippen LogP contribution in [0.1, 0.15) is 24.0 Å². The van der Waals surface area contributed by atoms with Gasteiger partial charge in [0.2, 0.25) is 0 Å². The molecule has 2 nitrogen and oxygen atoms in total. The summed E-state index contributed by atoms with van der Waals surface area (Å²) >= 11 is 5.35. The van der Waals surface area contributed by atoms with Gasteiger partial charge in [-0.15, -0.1) is 0 Å². The maximum atomic E-state index is 13.1. The summed E-state index contributed by atoms with van der Waals surface area (Å²) in [6.45, 7) is 1.52. The normalized spacial score (nSPS) is 15.7. The van der Waals surface area contributed by atoms with Gasteiger partial charge in [0, 0.05) is 13.1 Å². The SMILES string of the molecule is FC(F)(F)c1ccccc1NC(=S)N1CCC(Cc2ccccc2)CC1. The van der Waals surface area contributed by atoms with Crippen LogP contribution in [0, 0.1) is 5.92 Å². The molecule has 2 aromatic rings. The van der Waals surface area contributed by atoms with Crippen LogP contribution in [0.2, 0.25) is 0 Å². The van der Waals surface area contributed by atoms with Gasteiger partial charge in [0.15, 0.2) is 5.11 Å². The number of benzene rings is 2. The molecule has 3 rings (SSSR count). The molecular weight excluding hydrogens is 357 g/mol. The van der Waals surface area contributed by atoms with Crippen LogP contribution in [0.3, 0.4) is 0 Å². The lowest BCUT2D eigenvalue weighted by Crippen LogP contribution is -2.41. The largest absolute Gasteiger partial charge is 0.418 e. The summed E-state index contributed by atoms with van der Waals surface area (Å²) in [5.74, 6) is 0.582. The first-order valence-corrected chi connectivity index (χ1v) is 9.10. The summed E-state index contributed by atoms with van der Waals surface area (Å²) in [5.41, 5.74) is 0.642. The molecule has 6 heteroatoms. The maximum absolute atomic E-state index is 13.1. The Morgan fingerprint density at radius 3 is 2.27 bits per heavy atom. The summed E-state index contributed by atoms with van der Waals surface area (Å²) in [6.07, 6.45) is -1.40. The number of para-hydroxylation sites is 1. The number of halogens is 3. The van der Waals surface area contributed by atoms with Gasteiger partial charge in [0.25, 0.3) is 0 Å². The van der Waals surface area contributed by atoms with Gasteiger partial charge >= 0.3 is 6.18 Å². The predicted octanol–water partition coefficient (Wildman–Crippen LogP) is 5.36. The van der Waals surface area contributed by atoms with E-state index in [0.29, 0.717) is 11.0 Å². The van der Waals surface area contributed by atoms with Crippen LogP contribution >= 0.6 is 12.2 Å². The van der Waals surface area contributed by atoms with Gasteiger partial charge in [-0.2, -0.15) is 13.2 Å². The number of anilines is 1. The lowest BCUT2D eigenvalue weighted by molar-refractivity contribution is -0.136. The highest BCUT2D eigenvalue weighted by atomic mass is 32.1. The van der Waals surface area contributed by atoms with Crippen molar-refractivity contribution in [1.82, 2.24) is 4.90 Å². The first-order chi connectivity index (χ1) is 12.4. The molecule has 0 bridgehead atoms. The van der Waals surface area contributed by atoms with Crippen molar-refractivity contribution in [2.75, 3.05) is 18.4 Å². The van der Waals surface area contributed by atoms with Gasteiger partial charge in [-0.25, -0.2) is 0 Å². The van der Waals surface area contributed by atoms with E-state index in [0.717, 1.165) is 38.4 Å². The fraction of sp³-hybridized carbons (Fsp3) is 0.350. The molecule has 0 spiro atoms. The smallest absolute Gasteiger partial charge is 0.349 e. The predicted molar refractivity (Wildman–Crippen MR) is 102 cm³/mol. The Morgan fingerprint density at radius 1 is 1.00 bits per heavy atom. The molecule has 0 unspecified atom stereocenters. The summed E-state index contributed by atoms with van der Waals surface area (Å²) in [6, 6.07) is 15.8. The molecule has 0 aromatic heterocycles. The highest BCUT2D eigenvalue weighted by Gasteiger charge is 2.33. The molecule has 26 heavy (non-hydrogen) atoms. The molecule has 0 atom stereocenters. The van der Waals surface area contributed by atoms with Crippen molar-refractivity contribution in [3.8, 4) is 0 Å². The Labute approximate surface area is 157 Å². The average Bonchev–Trinajstić information content (AvgIpc) is 2.63. The fourth-order valence-electron chi connectivity index (χ4n) is 3.32. The number of piperidine rings is 1. The van der Waals surface area contributed by atoms with E-state index < -0.39 is 11.7 Å². The Kier molecular flexibility index (Phi) is 5.81. The molecule has 0 amide bonds. The Bertz CT molecular complexity index is 738. The van der Waals surface area contributed by atoms with Crippen LogP contribution in [-0.2, 0) is 12.6 Å². The first kappa shape index (κ1) is 18.7. The van der Waals surface area contributed by atoms with Gasteiger partial charge in [-0.3, -0.25) is 0 Å². The van der Waals surface area contributed by atoms with Crippen LogP contribution in [-0.4, -0.2) is 23.1 Å². The molecule has 1 saturated heterocycles. The van der Waals surface area contributed by atoms with E-state index in [4.69, 9.17) is 12.2 Å². The maximum Gasteiger partial charge on any atom is 0.418 e. The van der Waals surface area contributed by atoms with Crippen LogP contribution < -0.4 is 5.32 Å². The highest BCUT2D eigenvalue weighted by Crippen LogP contribution is 2.34. The molecule has 1 aliphatic rings. The Hall–Kier alpha value is -2.08. The zero-order valence-corrected chi connectivity index (χ0v) is 15.1. The topological polar surface area (TPSA) is 15.3 Å². The van der Waals surface area contributed by atoms with E-state index in [9.17, 15) is 13.2 Å². The standard InChI is InChI=1S/C20H21F3N2S/c21-20(22,23)17-8-4-5-9-18(17)24-19(26)25-12-10-16(11-13-25)14-15-6-2-1-3-7-15/h1-9,16H,10-14H2,(H,24,26). The minimum Gasteiger partial charge on any atom is -0.349 e. The zero-order chi connectivity index (χ0) is 18.6. The molecule has 1 aliphatic heterocycles. The van der Waals surface area contributed by atoms with Crippen molar-refractivity contribution in [3.05, 3.63) is 65.7 Å². The Balaban J connectivity index is 1.56. The molecular formula is C20H21F3N2S. The summed E-state index contributed by atoms with van der Waals surface area (Å²) < 4.78 is 39.3. The van der Waals surface area contributed by atoms with E-state index in [1.54, 1.807) is 6.07 Å². The summed E-state index contributed by atoms with van der Waals surface area (Å²) in [7, 11) is 0. The quantitative estimate of drug-likeness (QED) is 0.724. The van der Waals surface area contributed by atoms with E-state index >= 15 is 0 Å². The van der Waals surface area contributed by atoms with Crippen molar-refractivity contribution in [1.29, 1.82) is 0 Å². The number of nitrogens with one attached hydrogen (secondary N) is 1. The molecule has 0 aliphatic carbocycles. The van der Waals surface area contributed by atoms with Crippen molar-refractivity contribution in [2.45, 2.75) is 25.4 Å². The molecule has 2 aromatic carbocycles. The third-order valence-corrected chi connectivity index (χ3v) is 5.10. The minimum atomic E-state index is -4.40. The van der Waals surface area contributed by atoms with Crippen LogP contribution in [0.4, 0.5) is 18.9 Å². The van der Waals surface area contributed by atoms with Crippen molar-refractivity contribution in [2.24, 2.45) is 5.92 Å². The number of thiocarbonyl (C=S) groups is 1. The molecule has 0 saturated carbocycles. The van der Waals surface area contributed by atoms with Gasteiger partial charge < -0.3 is 10.2 Å². The zero-order valence-electron chi connectivity index (χ0n) is 14.3. The number of hydrogen-bond acceptors (Lipinski definition) is 1. The molecule has 1 N–H and O–H groups in total. The van der Waals surface area contributed by atoms with E-state index in [1.165, 1.54) is 17.7 Å². The fourth-order valence-corrected chi connectivity index (χ4v) is 3.61. The van der Waals surface area contributed by atoms with E-state index in [2.05, 4.69) is 17.4 Å². The van der Waals surface area contributed by atoms with Crippen molar-refractivity contribution in [3.63, 3.8) is 0 Å². The van der Waals surface area contributed by atoms with Gasteiger partial charge in [-0.05, 0) is 55.1 Å². The van der Waals surface area contributed by atoms with Gasteiger partial charge in [0.1, 0.15) is 0 Å².